The molecule has 1 aliphatic carbocycles. The van der Waals surface area contributed by atoms with Crippen molar-refractivity contribution >= 4 is 23.0 Å². The Hall–Kier alpha value is -2.07. The molecule has 0 unspecified atom stereocenters. The number of ether oxygens (including phenoxy) is 1. The molecule has 0 saturated carbocycles. The topological polar surface area (TPSA) is 33.3 Å². The lowest BCUT2D eigenvalue weighted by Gasteiger charge is -2.27. The highest BCUT2D eigenvalue weighted by Crippen LogP contribution is 2.30. The predicted octanol–water partition coefficient (Wildman–Crippen LogP) is 4.06. The first kappa shape index (κ1) is 14.9. The lowest BCUT2D eigenvalue weighted by atomic mass is 9.88. The van der Waals surface area contributed by atoms with Gasteiger partial charge >= 0.3 is 0 Å². The van der Waals surface area contributed by atoms with Gasteiger partial charge in [-0.05, 0) is 54.7 Å². The molecule has 0 fully saturated rings. The minimum absolute atomic E-state index is 0.277. The normalized spacial score (nSPS) is 16.5. The minimum atomic E-state index is 0.277. The molecular weight excluding hydrogens is 292 g/mol. The van der Waals surface area contributed by atoms with Crippen LogP contribution in [0.25, 0.3) is 0 Å². The summed E-state index contributed by atoms with van der Waals surface area (Å²) in [5, 5.41) is 7.31. The second-order valence-electron chi connectivity index (χ2n) is 5.44. The molecule has 2 N–H and O–H groups in total. The minimum Gasteiger partial charge on any atom is -0.495 e. The maximum Gasteiger partial charge on any atom is 0.171 e. The summed E-state index contributed by atoms with van der Waals surface area (Å²) in [7, 11) is 1.66. The van der Waals surface area contributed by atoms with E-state index in [9.17, 15) is 0 Å². The molecule has 0 bridgehead atoms. The van der Waals surface area contributed by atoms with Crippen LogP contribution in [0.15, 0.2) is 48.5 Å². The summed E-state index contributed by atoms with van der Waals surface area (Å²) < 4.78 is 5.34. The van der Waals surface area contributed by atoms with Crippen LogP contribution in [0.3, 0.4) is 0 Å². The zero-order valence-electron chi connectivity index (χ0n) is 12.6. The Morgan fingerprint density at radius 3 is 2.77 bits per heavy atom. The van der Waals surface area contributed by atoms with Gasteiger partial charge < -0.3 is 15.4 Å². The first-order chi connectivity index (χ1) is 10.8. The SMILES string of the molecule is COc1ccccc1NC(=S)N[C@@H]1CCCc2ccccc21. The zero-order chi connectivity index (χ0) is 15.4. The Morgan fingerprint density at radius 1 is 1.14 bits per heavy atom. The quantitative estimate of drug-likeness (QED) is 0.838. The molecule has 1 aliphatic rings. The molecule has 0 aliphatic heterocycles. The summed E-state index contributed by atoms with van der Waals surface area (Å²) in [6.07, 6.45) is 3.44. The fraction of sp³-hybridized carbons (Fsp3) is 0.278. The van der Waals surface area contributed by atoms with Gasteiger partial charge in [0.25, 0.3) is 0 Å². The van der Waals surface area contributed by atoms with Crippen molar-refractivity contribution in [2.45, 2.75) is 25.3 Å². The van der Waals surface area contributed by atoms with E-state index < -0.39 is 0 Å². The van der Waals surface area contributed by atoms with Crippen LogP contribution in [0.1, 0.15) is 30.0 Å². The van der Waals surface area contributed by atoms with Gasteiger partial charge in [0.05, 0.1) is 18.8 Å². The monoisotopic (exact) mass is 312 g/mol. The van der Waals surface area contributed by atoms with Crippen molar-refractivity contribution in [3.05, 3.63) is 59.7 Å². The van der Waals surface area contributed by atoms with E-state index in [2.05, 4.69) is 34.9 Å². The molecular formula is C18H20N2OS. The molecule has 22 heavy (non-hydrogen) atoms. The van der Waals surface area contributed by atoms with Gasteiger partial charge in [-0.2, -0.15) is 0 Å². The number of rotatable bonds is 3. The van der Waals surface area contributed by atoms with Gasteiger partial charge in [-0.15, -0.1) is 0 Å². The van der Waals surface area contributed by atoms with Crippen molar-refractivity contribution in [2.75, 3.05) is 12.4 Å². The third-order valence-electron chi connectivity index (χ3n) is 4.03. The van der Waals surface area contributed by atoms with E-state index in [1.165, 1.54) is 17.5 Å². The summed E-state index contributed by atoms with van der Waals surface area (Å²) in [6, 6.07) is 16.7. The molecule has 1 atom stereocenters. The highest BCUT2D eigenvalue weighted by atomic mass is 32.1. The van der Waals surface area contributed by atoms with Crippen molar-refractivity contribution in [1.82, 2.24) is 5.32 Å². The van der Waals surface area contributed by atoms with E-state index >= 15 is 0 Å². The Kier molecular flexibility index (Phi) is 4.59. The number of anilines is 1. The number of thiocarbonyl (C=S) groups is 1. The Bertz CT molecular complexity index is 672. The van der Waals surface area contributed by atoms with Crippen molar-refractivity contribution < 1.29 is 4.74 Å². The fourth-order valence-corrected chi connectivity index (χ4v) is 3.22. The number of hydrogen-bond donors (Lipinski definition) is 2. The molecule has 0 amide bonds. The van der Waals surface area contributed by atoms with Crippen LogP contribution in [0.2, 0.25) is 0 Å². The molecule has 0 radical (unpaired) electrons. The second-order valence-corrected chi connectivity index (χ2v) is 5.85. The Labute approximate surface area is 136 Å². The van der Waals surface area contributed by atoms with Crippen molar-refractivity contribution in [3.63, 3.8) is 0 Å². The van der Waals surface area contributed by atoms with Crippen LogP contribution in [-0.4, -0.2) is 12.2 Å². The summed E-state index contributed by atoms with van der Waals surface area (Å²) >= 11 is 5.48. The molecule has 4 heteroatoms. The standard InChI is InChI=1S/C18H20N2OS/c1-21-17-12-5-4-10-16(17)20-18(22)19-15-11-6-8-13-7-2-3-9-14(13)15/h2-5,7,9-10,12,15H,6,8,11H2,1H3,(H2,19,20,22)/t15-/m1/s1. The maximum absolute atomic E-state index is 5.48. The smallest absolute Gasteiger partial charge is 0.171 e. The number of hydrogen-bond acceptors (Lipinski definition) is 2. The Balaban J connectivity index is 1.70. The molecule has 3 rings (SSSR count). The van der Waals surface area contributed by atoms with Crippen LogP contribution < -0.4 is 15.4 Å². The van der Waals surface area contributed by atoms with E-state index in [-0.39, 0.29) is 6.04 Å². The van der Waals surface area contributed by atoms with Crippen LogP contribution in [-0.2, 0) is 6.42 Å². The summed E-state index contributed by atoms with van der Waals surface area (Å²) in [5.41, 5.74) is 3.66. The van der Waals surface area contributed by atoms with Crippen LogP contribution in [0.5, 0.6) is 5.75 Å². The number of aryl methyl sites for hydroxylation is 1. The largest absolute Gasteiger partial charge is 0.495 e. The van der Waals surface area contributed by atoms with Gasteiger partial charge in [0.1, 0.15) is 5.75 Å². The highest BCUT2D eigenvalue weighted by molar-refractivity contribution is 7.80. The van der Waals surface area contributed by atoms with Crippen molar-refractivity contribution in [1.29, 1.82) is 0 Å². The van der Waals surface area contributed by atoms with E-state index in [0.717, 1.165) is 24.3 Å². The number of fused-ring (bicyclic) bond motifs is 1. The van der Waals surface area contributed by atoms with Gasteiger partial charge in [-0.3, -0.25) is 0 Å². The molecule has 3 nitrogen and oxygen atoms in total. The summed E-state index contributed by atoms with van der Waals surface area (Å²) in [5.74, 6) is 0.788. The lowest BCUT2D eigenvalue weighted by Crippen LogP contribution is -2.34. The van der Waals surface area contributed by atoms with Gasteiger partial charge in [0.2, 0.25) is 0 Å². The molecule has 0 saturated heterocycles. The Morgan fingerprint density at radius 2 is 1.91 bits per heavy atom. The van der Waals surface area contributed by atoms with Crippen molar-refractivity contribution in [2.24, 2.45) is 0 Å². The maximum atomic E-state index is 5.48. The molecule has 0 aromatic heterocycles. The fourth-order valence-electron chi connectivity index (χ4n) is 2.97. The zero-order valence-corrected chi connectivity index (χ0v) is 13.5. The van der Waals surface area contributed by atoms with Gasteiger partial charge in [0, 0.05) is 0 Å². The van der Waals surface area contributed by atoms with Gasteiger partial charge in [-0.1, -0.05) is 36.4 Å². The molecule has 2 aromatic carbocycles. The van der Waals surface area contributed by atoms with E-state index in [4.69, 9.17) is 17.0 Å². The van der Waals surface area contributed by atoms with Gasteiger partial charge in [-0.25, -0.2) is 0 Å². The average Bonchev–Trinajstić information content (AvgIpc) is 2.55. The predicted molar refractivity (Wildman–Crippen MR) is 94.5 cm³/mol. The number of methoxy groups -OCH3 is 1. The third kappa shape index (κ3) is 3.22. The second kappa shape index (κ2) is 6.79. The summed E-state index contributed by atoms with van der Waals surface area (Å²) in [6.45, 7) is 0. The highest BCUT2D eigenvalue weighted by Gasteiger charge is 2.20. The molecule has 2 aromatic rings. The van der Waals surface area contributed by atoms with Gasteiger partial charge in [0.15, 0.2) is 5.11 Å². The summed E-state index contributed by atoms with van der Waals surface area (Å²) in [4.78, 5) is 0. The lowest BCUT2D eigenvalue weighted by molar-refractivity contribution is 0.417. The van der Waals surface area contributed by atoms with E-state index in [0.29, 0.717) is 5.11 Å². The number of nitrogens with one attached hydrogen (secondary N) is 2. The van der Waals surface area contributed by atoms with Crippen LogP contribution >= 0.6 is 12.2 Å². The van der Waals surface area contributed by atoms with Crippen LogP contribution in [0, 0.1) is 0 Å². The molecule has 0 spiro atoms. The average molecular weight is 312 g/mol. The molecule has 114 valence electrons. The number of para-hydroxylation sites is 2. The first-order valence-corrected chi connectivity index (χ1v) is 7.97. The number of benzene rings is 2. The first-order valence-electron chi connectivity index (χ1n) is 7.56. The van der Waals surface area contributed by atoms with Crippen LogP contribution in [0.4, 0.5) is 5.69 Å². The third-order valence-corrected chi connectivity index (χ3v) is 4.25. The van der Waals surface area contributed by atoms with E-state index in [1.807, 2.05) is 24.3 Å². The molecule has 0 heterocycles. The van der Waals surface area contributed by atoms with E-state index in [1.54, 1.807) is 7.11 Å². The van der Waals surface area contributed by atoms with Crippen molar-refractivity contribution in [3.8, 4) is 5.75 Å².